The van der Waals surface area contributed by atoms with Crippen molar-refractivity contribution in [3.05, 3.63) is 11.6 Å². The summed E-state index contributed by atoms with van der Waals surface area (Å²) in [5.74, 6) is 1.26. The zero-order valence-electron chi connectivity index (χ0n) is 15.4. The highest BCUT2D eigenvalue weighted by atomic mass is 16.3. The fourth-order valence-electron chi connectivity index (χ4n) is 7.16. The van der Waals surface area contributed by atoms with Crippen LogP contribution in [0.3, 0.4) is 0 Å². The van der Waals surface area contributed by atoms with Crippen LogP contribution in [0.1, 0.15) is 65.2 Å². The molecule has 0 spiro atoms. The first-order chi connectivity index (χ1) is 11.8. The third-order valence-electron chi connectivity index (χ3n) is 8.72. The molecule has 6 atom stereocenters. The number of carbonyl (C=O) groups is 2. The fourth-order valence-corrected chi connectivity index (χ4v) is 7.16. The lowest BCUT2D eigenvalue weighted by atomic mass is 9.46. The predicted octanol–water partition coefficient (Wildman–Crippen LogP) is 2.81. The molecule has 0 saturated heterocycles. The predicted molar refractivity (Wildman–Crippen MR) is 93.8 cm³/mol. The van der Waals surface area contributed by atoms with Gasteiger partial charge in [-0.15, -0.1) is 0 Å². The quantitative estimate of drug-likeness (QED) is 0.806. The van der Waals surface area contributed by atoms with Crippen molar-refractivity contribution >= 4 is 11.6 Å². The molecular weight excluding hydrogens is 316 g/mol. The summed E-state index contributed by atoms with van der Waals surface area (Å²) >= 11 is 0. The van der Waals surface area contributed by atoms with Crippen molar-refractivity contribution in [1.29, 1.82) is 0 Å². The SMILES string of the molecule is C[C@@]12CCC(=O)C=C1CC[C@H]1[C@H]2CC[C@]2(C)[C@@H]1CC[C@@]2(O)C(=O)CO. The average molecular weight is 346 g/mol. The Morgan fingerprint density at radius 2 is 1.84 bits per heavy atom. The second-order valence-corrected chi connectivity index (χ2v) is 9.41. The van der Waals surface area contributed by atoms with Crippen LogP contribution < -0.4 is 0 Å². The van der Waals surface area contributed by atoms with Crippen molar-refractivity contribution in [1.82, 2.24) is 0 Å². The van der Waals surface area contributed by atoms with Crippen molar-refractivity contribution in [2.75, 3.05) is 6.61 Å². The van der Waals surface area contributed by atoms with E-state index in [1.54, 1.807) is 0 Å². The molecule has 2 N–H and O–H groups in total. The van der Waals surface area contributed by atoms with E-state index in [1.165, 1.54) is 5.57 Å². The minimum absolute atomic E-state index is 0.111. The van der Waals surface area contributed by atoms with Crippen LogP contribution in [0.4, 0.5) is 0 Å². The molecule has 0 aromatic rings. The molecule has 3 saturated carbocycles. The monoisotopic (exact) mass is 346 g/mol. The number of Topliss-reactive ketones (excluding diaryl/α,β-unsaturated/α-hetero) is 1. The minimum Gasteiger partial charge on any atom is -0.388 e. The molecule has 0 aromatic heterocycles. The molecule has 3 fully saturated rings. The average Bonchev–Trinajstić information content (AvgIpc) is 2.87. The Balaban J connectivity index is 1.68. The lowest BCUT2D eigenvalue weighted by molar-refractivity contribution is -0.164. The number of ketones is 2. The Morgan fingerprint density at radius 1 is 1.12 bits per heavy atom. The van der Waals surface area contributed by atoms with Gasteiger partial charge in [0.25, 0.3) is 0 Å². The van der Waals surface area contributed by atoms with Crippen molar-refractivity contribution in [2.45, 2.75) is 70.8 Å². The third-order valence-corrected chi connectivity index (χ3v) is 8.72. The number of allylic oxidation sites excluding steroid dienone is 1. The largest absolute Gasteiger partial charge is 0.388 e. The maximum Gasteiger partial charge on any atom is 0.190 e. The van der Waals surface area contributed by atoms with Crippen LogP contribution in [0.15, 0.2) is 11.6 Å². The van der Waals surface area contributed by atoms with E-state index in [9.17, 15) is 19.8 Å². The summed E-state index contributed by atoms with van der Waals surface area (Å²) in [7, 11) is 0. The van der Waals surface area contributed by atoms with Gasteiger partial charge in [-0.05, 0) is 74.2 Å². The molecule has 0 aliphatic heterocycles. The van der Waals surface area contributed by atoms with Gasteiger partial charge in [-0.1, -0.05) is 19.4 Å². The lowest BCUT2D eigenvalue weighted by Gasteiger charge is -2.58. The van der Waals surface area contributed by atoms with Crippen LogP contribution in [0.5, 0.6) is 0 Å². The molecule has 0 amide bonds. The molecule has 25 heavy (non-hydrogen) atoms. The zero-order valence-corrected chi connectivity index (χ0v) is 15.4. The van der Waals surface area contributed by atoms with E-state index < -0.39 is 23.4 Å². The molecule has 4 aliphatic carbocycles. The summed E-state index contributed by atoms with van der Waals surface area (Å²) in [6, 6.07) is 0. The maximum atomic E-state index is 12.3. The summed E-state index contributed by atoms with van der Waals surface area (Å²) in [5, 5.41) is 20.5. The highest BCUT2D eigenvalue weighted by Gasteiger charge is 2.65. The van der Waals surface area contributed by atoms with Crippen LogP contribution >= 0.6 is 0 Å². The second kappa shape index (κ2) is 5.50. The molecule has 4 aliphatic rings. The van der Waals surface area contributed by atoms with Gasteiger partial charge in [-0.3, -0.25) is 9.59 Å². The van der Waals surface area contributed by atoms with Crippen molar-refractivity contribution in [3.63, 3.8) is 0 Å². The van der Waals surface area contributed by atoms with E-state index in [2.05, 4.69) is 13.8 Å². The van der Waals surface area contributed by atoms with Gasteiger partial charge in [-0.25, -0.2) is 0 Å². The topological polar surface area (TPSA) is 74.6 Å². The van der Waals surface area contributed by atoms with E-state index in [1.807, 2.05) is 6.08 Å². The van der Waals surface area contributed by atoms with E-state index in [0.29, 0.717) is 30.6 Å². The summed E-state index contributed by atoms with van der Waals surface area (Å²) in [6.45, 7) is 3.84. The van der Waals surface area contributed by atoms with Crippen molar-refractivity contribution < 1.29 is 19.8 Å². The van der Waals surface area contributed by atoms with E-state index in [4.69, 9.17) is 0 Å². The molecule has 0 bridgehead atoms. The van der Waals surface area contributed by atoms with E-state index in [-0.39, 0.29) is 11.2 Å². The molecule has 0 heterocycles. The second-order valence-electron chi connectivity index (χ2n) is 9.41. The van der Waals surface area contributed by atoms with Crippen LogP contribution in [0.25, 0.3) is 0 Å². The van der Waals surface area contributed by atoms with Gasteiger partial charge < -0.3 is 10.2 Å². The van der Waals surface area contributed by atoms with Gasteiger partial charge in [0.05, 0.1) is 0 Å². The van der Waals surface area contributed by atoms with Gasteiger partial charge in [0, 0.05) is 11.8 Å². The number of carbonyl (C=O) groups excluding carboxylic acids is 2. The van der Waals surface area contributed by atoms with Gasteiger partial charge in [0.15, 0.2) is 11.6 Å². The van der Waals surface area contributed by atoms with Crippen LogP contribution in [-0.2, 0) is 9.59 Å². The van der Waals surface area contributed by atoms with Gasteiger partial charge >= 0.3 is 0 Å². The zero-order chi connectivity index (χ0) is 18.0. The Morgan fingerprint density at radius 3 is 2.56 bits per heavy atom. The number of hydrogen-bond donors (Lipinski definition) is 2. The van der Waals surface area contributed by atoms with Gasteiger partial charge in [0.2, 0.25) is 0 Å². The number of rotatable bonds is 2. The molecule has 4 rings (SSSR count). The van der Waals surface area contributed by atoms with Gasteiger partial charge in [-0.2, -0.15) is 0 Å². The fraction of sp³-hybridized carbons (Fsp3) is 0.810. The number of aliphatic hydroxyl groups excluding tert-OH is 1. The maximum absolute atomic E-state index is 12.3. The Kier molecular flexibility index (Phi) is 3.83. The Hall–Kier alpha value is -1.00. The Bertz CT molecular complexity index is 652. The van der Waals surface area contributed by atoms with Crippen LogP contribution in [-0.4, -0.2) is 34.0 Å². The molecular formula is C21H30O4. The molecule has 138 valence electrons. The summed E-state index contributed by atoms with van der Waals surface area (Å²) in [5.41, 5.74) is -0.333. The number of hydrogen-bond acceptors (Lipinski definition) is 4. The van der Waals surface area contributed by atoms with Crippen LogP contribution in [0.2, 0.25) is 0 Å². The summed E-state index contributed by atoms with van der Waals surface area (Å²) in [6.07, 6.45) is 8.72. The molecule has 0 aromatic carbocycles. The van der Waals surface area contributed by atoms with Crippen molar-refractivity contribution in [2.24, 2.45) is 28.6 Å². The van der Waals surface area contributed by atoms with E-state index >= 15 is 0 Å². The standard InChI is InChI=1S/C21H30O4/c1-19-8-5-14(23)11-13(19)3-4-15-16(19)6-9-20(2)17(15)7-10-21(20,25)18(24)12-22/h11,15-17,22,25H,3-10,12H2,1-2H3/t15-,16+,17+,19+,20+,21+/m0/s1. The molecule has 4 heteroatoms. The number of aliphatic hydroxyl groups is 2. The Labute approximate surface area is 149 Å². The van der Waals surface area contributed by atoms with E-state index in [0.717, 1.165) is 38.5 Å². The minimum atomic E-state index is -1.36. The smallest absolute Gasteiger partial charge is 0.190 e. The van der Waals surface area contributed by atoms with Gasteiger partial charge in [0.1, 0.15) is 12.2 Å². The lowest BCUT2D eigenvalue weighted by Crippen LogP contribution is -2.58. The number of fused-ring (bicyclic) bond motifs is 5. The molecule has 0 unspecified atom stereocenters. The normalized spacial score (nSPS) is 49.0. The van der Waals surface area contributed by atoms with Crippen molar-refractivity contribution in [3.8, 4) is 0 Å². The first kappa shape index (κ1) is 17.4. The third kappa shape index (κ3) is 2.13. The first-order valence-corrected chi connectivity index (χ1v) is 9.87. The first-order valence-electron chi connectivity index (χ1n) is 9.87. The highest BCUT2D eigenvalue weighted by Crippen LogP contribution is 2.67. The summed E-state index contributed by atoms with van der Waals surface area (Å²) in [4.78, 5) is 24.2. The van der Waals surface area contributed by atoms with Crippen LogP contribution in [0, 0.1) is 28.6 Å². The summed E-state index contributed by atoms with van der Waals surface area (Å²) < 4.78 is 0. The molecule has 4 nitrogen and oxygen atoms in total. The highest BCUT2D eigenvalue weighted by molar-refractivity contribution is 5.91. The molecule has 0 radical (unpaired) electrons.